The Hall–Kier alpha value is -2.11. The summed E-state index contributed by atoms with van der Waals surface area (Å²) in [5.74, 6) is 0.0982. The van der Waals surface area contributed by atoms with Crippen molar-refractivity contribution < 1.29 is 14.4 Å². The molecule has 6 nitrogen and oxygen atoms in total. The van der Waals surface area contributed by atoms with Gasteiger partial charge in [-0.05, 0) is 18.6 Å². The van der Waals surface area contributed by atoms with E-state index in [0.29, 0.717) is 17.4 Å². The lowest BCUT2D eigenvalue weighted by Crippen LogP contribution is -2.08. The fraction of sp³-hybridized carbons (Fsp3) is 0.364. The van der Waals surface area contributed by atoms with Gasteiger partial charge in [0.15, 0.2) is 5.82 Å². The minimum absolute atomic E-state index is 0.117. The highest BCUT2D eigenvalue weighted by Crippen LogP contribution is 2.18. The summed E-state index contributed by atoms with van der Waals surface area (Å²) in [6.45, 7) is 1.91. The molecule has 0 aliphatic rings. The van der Waals surface area contributed by atoms with E-state index in [1.54, 1.807) is 22.9 Å². The molecule has 2 aromatic rings. The van der Waals surface area contributed by atoms with Crippen molar-refractivity contribution in [2.75, 3.05) is 0 Å². The lowest BCUT2D eigenvalue weighted by Gasteiger charge is -2.01. The molecule has 90 valence electrons. The third-order valence-corrected chi connectivity index (χ3v) is 2.30. The monoisotopic (exact) mass is 235 g/mol. The maximum Gasteiger partial charge on any atom is 0.323 e. The molecule has 0 fully saturated rings. The van der Waals surface area contributed by atoms with Crippen LogP contribution in [0, 0.1) is 0 Å². The van der Waals surface area contributed by atoms with E-state index in [9.17, 15) is 4.79 Å². The molecule has 17 heavy (non-hydrogen) atoms. The lowest BCUT2D eigenvalue weighted by atomic mass is 10.3. The Labute approximate surface area is 97.9 Å². The normalized spacial score (nSPS) is 10.6. The van der Waals surface area contributed by atoms with Crippen molar-refractivity contribution >= 4 is 5.97 Å². The molecule has 1 N–H and O–H groups in total. The molecular formula is C11H13N3O3. The van der Waals surface area contributed by atoms with Gasteiger partial charge in [0.2, 0.25) is 0 Å². The van der Waals surface area contributed by atoms with Crippen molar-refractivity contribution in [3.8, 4) is 11.6 Å². The third-order valence-electron chi connectivity index (χ3n) is 2.30. The molecule has 6 heteroatoms. The summed E-state index contributed by atoms with van der Waals surface area (Å²) >= 11 is 0. The number of aromatic nitrogens is 3. The number of rotatable bonds is 5. The molecule has 0 unspecified atom stereocenters. The standard InChI is InChI=1S/C11H13N3O3/c1-2-4-9-12-11(17-13-9)8-5-3-6-14(8)7-10(15)16/h3,5-6H,2,4,7H2,1H3,(H,15,16). The molecule has 0 aromatic carbocycles. The zero-order valence-electron chi connectivity index (χ0n) is 9.46. The van der Waals surface area contributed by atoms with E-state index in [2.05, 4.69) is 10.1 Å². The number of aliphatic carboxylic acids is 1. The fourth-order valence-electron chi connectivity index (χ4n) is 1.58. The maximum absolute atomic E-state index is 10.7. The Morgan fingerprint density at radius 3 is 3.12 bits per heavy atom. The van der Waals surface area contributed by atoms with E-state index in [4.69, 9.17) is 9.63 Å². The van der Waals surface area contributed by atoms with Gasteiger partial charge in [-0.1, -0.05) is 12.1 Å². The quantitative estimate of drug-likeness (QED) is 0.850. The Morgan fingerprint density at radius 1 is 1.59 bits per heavy atom. The number of hydrogen-bond acceptors (Lipinski definition) is 4. The van der Waals surface area contributed by atoms with Crippen LogP contribution in [-0.2, 0) is 17.8 Å². The van der Waals surface area contributed by atoms with Gasteiger partial charge in [0.05, 0.1) is 0 Å². The summed E-state index contributed by atoms with van der Waals surface area (Å²) in [5.41, 5.74) is 0.627. The first-order valence-corrected chi connectivity index (χ1v) is 5.40. The van der Waals surface area contributed by atoms with Gasteiger partial charge in [0.1, 0.15) is 12.2 Å². The van der Waals surface area contributed by atoms with Gasteiger partial charge in [0, 0.05) is 12.6 Å². The van der Waals surface area contributed by atoms with E-state index in [1.165, 1.54) is 0 Å². The first-order chi connectivity index (χ1) is 8.20. The summed E-state index contributed by atoms with van der Waals surface area (Å²) in [5, 5.41) is 12.6. The average molecular weight is 235 g/mol. The van der Waals surface area contributed by atoms with Crippen LogP contribution in [0.4, 0.5) is 0 Å². The Balaban J connectivity index is 2.26. The number of carboxylic acids is 1. The van der Waals surface area contributed by atoms with Crippen LogP contribution in [0.1, 0.15) is 19.2 Å². The highest BCUT2D eigenvalue weighted by molar-refractivity contribution is 5.67. The van der Waals surface area contributed by atoms with E-state index in [0.717, 1.165) is 12.8 Å². The summed E-state index contributed by atoms with van der Waals surface area (Å²) < 4.78 is 6.67. The maximum atomic E-state index is 10.7. The van der Waals surface area contributed by atoms with Crippen molar-refractivity contribution in [1.82, 2.24) is 14.7 Å². The van der Waals surface area contributed by atoms with Gasteiger partial charge < -0.3 is 14.2 Å². The van der Waals surface area contributed by atoms with Crippen LogP contribution in [0.15, 0.2) is 22.9 Å². The van der Waals surface area contributed by atoms with Crippen molar-refractivity contribution in [1.29, 1.82) is 0 Å². The molecule has 0 spiro atoms. The number of nitrogens with zero attached hydrogens (tertiary/aromatic N) is 3. The average Bonchev–Trinajstić information content (AvgIpc) is 2.86. The summed E-state index contributed by atoms with van der Waals surface area (Å²) in [4.78, 5) is 14.9. The SMILES string of the molecule is CCCc1noc(-c2cccn2CC(=O)O)n1. The molecule has 0 aliphatic heterocycles. The summed E-state index contributed by atoms with van der Waals surface area (Å²) in [7, 11) is 0. The first-order valence-electron chi connectivity index (χ1n) is 5.40. The molecule has 0 saturated carbocycles. The largest absolute Gasteiger partial charge is 0.480 e. The zero-order chi connectivity index (χ0) is 12.3. The Morgan fingerprint density at radius 2 is 2.41 bits per heavy atom. The summed E-state index contributed by atoms with van der Waals surface area (Å²) in [6.07, 6.45) is 3.37. The summed E-state index contributed by atoms with van der Waals surface area (Å²) in [6, 6.07) is 3.51. The second-order valence-electron chi connectivity index (χ2n) is 3.68. The van der Waals surface area contributed by atoms with Gasteiger partial charge in [-0.3, -0.25) is 4.79 Å². The lowest BCUT2D eigenvalue weighted by molar-refractivity contribution is -0.137. The molecule has 0 saturated heterocycles. The second kappa shape index (κ2) is 4.82. The van der Waals surface area contributed by atoms with Crippen LogP contribution in [0.25, 0.3) is 11.6 Å². The minimum atomic E-state index is -0.907. The Kier molecular flexibility index (Phi) is 3.22. The molecule has 0 amide bonds. The first kappa shape index (κ1) is 11.4. The highest BCUT2D eigenvalue weighted by Gasteiger charge is 2.13. The van der Waals surface area contributed by atoms with E-state index in [-0.39, 0.29) is 6.54 Å². The number of aryl methyl sites for hydroxylation is 1. The number of carboxylic acid groups (broad SMARTS) is 1. The molecule has 2 rings (SSSR count). The third kappa shape index (κ3) is 2.52. The fourth-order valence-corrected chi connectivity index (χ4v) is 1.58. The zero-order valence-corrected chi connectivity index (χ0v) is 9.46. The van der Waals surface area contributed by atoms with Crippen LogP contribution >= 0.6 is 0 Å². The number of hydrogen-bond donors (Lipinski definition) is 1. The smallest absolute Gasteiger partial charge is 0.323 e. The van der Waals surface area contributed by atoms with Gasteiger partial charge >= 0.3 is 5.97 Å². The molecule has 0 radical (unpaired) electrons. The van der Waals surface area contributed by atoms with Crippen molar-refractivity contribution in [3.05, 3.63) is 24.2 Å². The van der Waals surface area contributed by atoms with Crippen molar-refractivity contribution in [2.45, 2.75) is 26.3 Å². The topological polar surface area (TPSA) is 81.2 Å². The van der Waals surface area contributed by atoms with Crippen LogP contribution in [-0.4, -0.2) is 25.8 Å². The molecule has 0 atom stereocenters. The van der Waals surface area contributed by atoms with Crippen molar-refractivity contribution in [2.24, 2.45) is 0 Å². The van der Waals surface area contributed by atoms with Crippen molar-refractivity contribution in [3.63, 3.8) is 0 Å². The van der Waals surface area contributed by atoms with Crippen LogP contribution in [0.2, 0.25) is 0 Å². The molecule has 2 heterocycles. The van der Waals surface area contributed by atoms with Gasteiger partial charge in [-0.2, -0.15) is 4.98 Å². The predicted molar refractivity (Wildman–Crippen MR) is 59.4 cm³/mol. The number of carbonyl (C=O) groups is 1. The van der Waals surface area contributed by atoms with E-state index < -0.39 is 5.97 Å². The predicted octanol–water partition coefficient (Wildman–Crippen LogP) is 1.58. The molecule has 2 aromatic heterocycles. The molecule has 0 aliphatic carbocycles. The van der Waals surface area contributed by atoms with E-state index >= 15 is 0 Å². The van der Waals surface area contributed by atoms with Crippen LogP contribution in [0.3, 0.4) is 0 Å². The molecular weight excluding hydrogens is 222 g/mol. The second-order valence-corrected chi connectivity index (χ2v) is 3.68. The minimum Gasteiger partial charge on any atom is -0.480 e. The van der Waals surface area contributed by atoms with Gasteiger partial charge in [0.25, 0.3) is 5.89 Å². The Bertz CT molecular complexity index is 516. The van der Waals surface area contributed by atoms with Gasteiger partial charge in [-0.25, -0.2) is 0 Å². The van der Waals surface area contributed by atoms with Crippen LogP contribution < -0.4 is 0 Å². The van der Waals surface area contributed by atoms with Gasteiger partial charge in [-0.15, -0.1) is 0 Å². The van der Waals surface area contributed by atoms with Crippen LogP contribution in [0.5, 0.6) is 0 Å². The molecule has 0 bridgehead atoms. The van der Waals surface area contributed by atoms with E-state index in [1.807, 2.05) is 6.92 Å². The highest BCUT2D eigenvalue weighted by atomic mass is 16.5.